The van der Waals surface area contributed by atoms with Gasteiger partial charge in [-0.1, -0.05) is 6.07 Å². The molecule has 0 spiro atoms. The van der Waals surface area contributed by atoms with Crippen LogP contribution in [0.25, 0.3) is 15.4 Å². The molecule has 0 fully saturated rings. The third-order valence-electron chi connectivity index (χ3n) is 2.67. The van der Waals surface area contributed by atoms with E-state index < -0.39 is 5.97 Å². The molecule has 0 bridgehead atoms. The van der Waals surface area contributed by atoms with Gasteiger partial charge in [-0.25, -0.2) is 4.98 Å². The Morgan fingerprint density at radius 3 is 3.06 bits per heavy atom. The molecule has 4 nitrogen and oxygen atoms in total. The maximum atomic E-state index is 10.7. The third kappa shape index (κ3) is 1.93. The number of nitrogens with zero attached hydrogens (tertiary/aromatic N) is 2. The van der Waals surface area contributed by atoms with Crippen molar-refractivity contribution in [3.05, 3.63) is 34.9 Å². The summed E-state index contributed by atoms with van der Waals surface area (Å²) in [5.41, 5.74) is 1.10. The van der Waals surface area contributed by atoms with Crippen molar-refractivity contribution in [2.45, 2.75) is 12.8 Å². The van der Waals surface area contributed by atoms with Crippen molar-refractivity contribution in [1.29, 1.82) is 0 Å². The van der Waals surface area contributed by atoms with Gasteiger partial charge in [-0.2, -0.15) is 0 Å². The predicted molar refractivity (Wildman–Crippen MR) is 72.3 cm³/mol. The van der Waals surface area contributed by atoms with Crippen molar-refractivity contribution in [2.75, 3.05) is 0 Å². The van der Waals surface area contributed by atoms with E-state index in [0.717, 1.165) is 16.3 Å². The average molecular weight is 278 g/mol. The van der Waals surface area contributed by atoms with Crippen molar-refractivity contribution in [2.24, 2.45) is 0 Å². The largest absolute Gasteiger partial charge is 0.481 e. The molecular formula is C12H10N2O2S2. The number of carbonyl (C=O) groups is 1. The Balaban J connectivity index is 2.05. The second-order valence-corrected chi connectivity index (χ2v) is 5.68. The molecule has 18 heavy (non-hydrogen) atoms. The number of hydrogen-bond donors (Lipinski definition) is 1. The number of aliphatic carboxylic acids is 1. The van der Waals surface area contributed by atoms with E-state index in [9.17, 15) is 4.79 Å². The van der Waals surface area contributed by atoms with Gasteiger partial charge in [0, 0.05) is 11.8 Å². The molecule has 0 radical (unpaired) electrons. The number of hydrogen-bond acceptors (Lipinski definition) is 4. The van der Waals surface area contributed by atoms with Crippen LogP contribution >= 0.6 is 22.7 Å². The molecule has 0 unspecified atom stereocenters. The summed E-state index contributed by atoms with van der Waals surface area (Å²) in [6, 6.07) is 4.07. The molecule has 0 aromatic carbocycles. The highest BCUT2D eigenvalue weighted by Gasteiger charge is 2.13. The zero-order chi connectivity index (χ0) is 12.5. The number of carboxylic acid groups (broad SMARTS) is 1. The van der Waals surface area contributed by atoms with Gasteiger partial charge in [0.1, 0.15) is 10.7 Å². The van der Waals surface area contributed by atoms with Crippen molar-refractivity contribution < 1.29 is 9.90 Å². The van der Waals surface area contributed by atoms with Crippen LogP contribution in [0.4, 0.5) is 0 Å². The SMILES string of the molecule is O=C(O)CCc1ncc2scc(-c3cccs3)n12. The Labute approximate surface area is 111 Å². The molecule has 1 N–H and O–H groups in total. The van der Waals surface area contributed by atoms with Crippen LogP contribution in [0.1, 0.15) is 12.2 Å². The number of carboxylic acids is 1. The molecule has 92 valence electrons. The minimum atomic E-state index is -0.792. The van der Waals surface area contributed by atoms with Gasteiger partial charge in [0.25, 0.3) is 0 Å². The molecule has 0 saturated carbocycles. The Morgan fingerprint density at radius 2 is 2.33 bits per heavy atom. The van der Waals surface area contributed by atoms with E-state index in [-0.39, 0.29) is 6.42 Å². The Kier molecular flexibility index (Phi) is 2.89. The van der Waals surface area contributed by atoms with Gasteiger partial charge in [-0.15, -0.1) is 22.7 Å². The monoisotopic (exact) mass is 278 g/mol. The van der Waals surface area contributed by atoms with Crippen LogP contribution in [0.3, 0.4) is 0 Å². The lowest BCUT2D eigenvalue weighted by atomic mass is 10.3. The van der Waals surface area contributed by atoms with Crippen LogP contribution in [0, 0.1) is 0 Å². The van der Waals surface area contributed by atoms with Gasteiger partial charge in [-0.05, 0) is 11.4 Å². The quantitative estimate of drug-likeness (QED) is 0.797. The van der Waals surface area contributed by atoms with Gasteiger partial charge >= 0.3 is 5.97 Å². The van der Waals surface area contributed by atoms with Crippen LogP contribution in [0.5, 0.6) is 0 Å². The van der Waals surface area contributed by atoms with Gasteiger partial charge in [0.05, 0.1) is 23.2 Å². The Bertz CT molecular complexity index is 682. The second kappa shape index (κ2) is 4.55. The summed E-state index contributed by atoms with van der Waals surface area (Å²) in [5, 5.41) is 12.9. The van der Waals surface area contributed by atoms with E-state index >= 15 is 0 Å². The van der Waals surface area contributed by atoms with E-state index in [4.69, 9.17) is 5.11 Å². The fourth-order valence-electron chi connectivity index (χ4n) is 1.87. The van der Waals surface area contributed by atoms with Crippen LogP contribution in [0.15, 0.2) is 29.1 Å². The molecule has 0 aliphatic rings. The number of fused-ring (bicyclic) bond motifs is 1. The first-order valence-corrected chi connectivity index (χ1v) is 7.21. The zero-order valence-electron chi connectivity index (χ0n) is 9.37. The number of rotatable bonds is 4. The van der Waals surface area contributed by atoms with Gasteiger partial charge in [0.2, 0.25) is 0 Å². The van der Waals surface area contributed by atoms with E-state index in [1.807, 2.05) is 11.4 Å². The highest BCUT2D eigenvalue weighted by molar-refractivity contribution is 7.17. The second-order valence-electron chi connectivity index (χ2n) is 3.84. The summed E-state index contributed by atoms with van der Waals surface area (Å²) >= 11 is 3.30. The highest BCUT2D eigenvalue weighted by atomic mass is 32.1. The maximum Gasteiger partial charge on any atom is 0.303 e. The summed E-state index contributed by atoms with van der Waals surface area (Å²) < 4.78 is 2.06. The molecule has 0 saturated heterocycles. The number of thiazole rings is 1. The fourth-order valence-corrected chi connectivity index (χ4v) is 3.56. The van der Waals surface area contributed by atoms with E-state index in [2.05, 4.69) is 20.8 Å². The van der Waals surface area contributed by atoms with Crippen molar-refractivity contribution >= 4 is 33.5 Å². The first kappa shape index (κ1) is 11.4. The summed E-state index contributed by atoms with van der Waals surface area (Å²) in [7, 11) is 0. The zero-order valence-corrected chi connectivity index (χ0v) is 11.0. The van der Waals surface area contributed by atoms with Gasteiger partial charge in [0.15, 0.2) is 0 Å². The molecule has 3 aromatic rings. The number of thiophene rings is 1. The Morgan fingerprint density at radius 1 is 1.44 bits per heavy atom. The van der Waals surface area contributed by atoms with Gasteiger partial charge in [-0.3, -0.25) is 9.20 Å². The van der Waals surface area contributed by atoms with E-state index in [1.54, 1.807) is 28.9 Å². The summed E-state index contributed by atoms with van der Waals surface area (Å²) in [5.74, 6) is 0.0247. The molecule has 3 rings (SSSR count). The van der Waals surface area contributed by atoms with Crippen LogP contribution in [-0.4, -0.2) is 20.5 Å². The van der Waals surface area contributed by atoms with Crippen molar-refractivity contribution in [3.63, 3.8) is 0 Å². The lowest BCUT2D eigenvalue weighted by molar-refractivity contribution is -0.137. The average Bonchev–Trinajstić information content (AvgIpc) is 3.03. The highest BCUT2D eigenvalue weighted by Crippen LogP contribution is 2.30. The van der Waals surface area contributed by atoms with Crippen LogP contribution in [0.2, 0.25) is 0 Å². The fraction of sp³-hybridized carbons (Fsp3) is 0.167. The lowest BCUT2D eigenvalue weighted by Crippen LogP contribution is -2.01. The molecule has 0 aliphatic carbocycles. The summed E-state index contributed by atoms with van der Waals surface area (Å²) in [4.78, 5) is 17.2. The van der Waals surface area contributed by atoms with Crippen molar-refractivity contribution in [3.8, 4) is 10.6 Å². The molecular weight excluding hydrogens is 268 g/mol. The summed E-state index contributed by atoms with van der Waals surface area (Å²) in [6.45, 7) is 0. The third-order valence-corrected chi connectivity index (χ3v) is 4.43. The number of aromatic nitrogens is 2. The van der Waals surface area contributed by atoms with E-state index in [1.165, 1.54) is 4.88 Å². The van der Waals surface area contributed by atoms with Crippen LogP contribution in [-0.2, 0) is 11.2 Å². The topological polar surface area (TPSA) is 54.6 Å². The molecule has 0 atom stereocenters. The minimum absolute atomic E-state index is 0.110. The Hall–Kier alpha value is -1.66. The lowest BCUT2D eigenvalue weighted by Gasteiger charge is -2.00. The molecule has 3 aromatic heterocycles. The molecule has 3 heterocycles. The standard InChI is InChI=1S/C12H10N2O2S2/c15-12(16)4-3-10-13-6-11-14(10)8(7-18-11)9-2-1-5-17-9/h1-2,5-7H,3-4H2,(H,15,16). The summed E-state index contributed by atoms with van der Waals surface area (Å²) in [6.07, 6.45) is 2.37. The molecule has 0 aliphatic heterocycles. The normalized spacial score (nSPS) is 11.1. The van der Waals surface area contributed by atoms with Crippen molar-refractivity contribution in [1.82, 2.24) is 9.38 Å². The minimum Gasteiger partial charge on any atom is -0.481 e. The van der Waals surface area contributed by atoms with Crippen LogP contribution < -0.4 is 0 Å². The first-order chi connectivity index (χ1) is 8.75. The smallest absolute Gasteiger partial charge is 0.303 e. The first-order valence-electron chi connectivity index (χ1n) is 5.45. The number of imidazole rings is 1. The van der Waals surface area contributed by atoms with E-state index in [0.29, 0.717) is 6.42 Å². The molecule has 6 heteroatoms. The molecule has 0 amide bonds. The van der Waals surface area contributed by atoms with Gasteiger partial charge < -0.3 is 5.11 Å². The number of aryl methyl sites for hydroxylation is 1. The predicted octanol–water partition coefficient (Wildman–Crippen LogP) is 3.14. The maximum absolute atomic E-state index is 10.7.